The van der Waals surface area contributed by atoms with Gasteiger partial charge in [0.15, 0.2) is 0 Å². The summed E-state index contributed by atoms with van der Waals surface area (Å²) < 4.78 is 13.5. The van der Waals surface area contributed by atoms with E-state index in [0.29, 0.717) is 19.6 Å². The third kappa shape index (κ3) is 4.87. The van der Waals surface area contributed by atoms with E-state index in [-0.39, 0.29) is 17.8 Å². The summed E-state index contributed by atoms with van der Waals surface area (Å²) in [6.07, 6.45) is 0. The van der Waals surface area contributed by atoms with Crippen LogP contribution in [0.3, 0.4) is 0 Å². The van der Waals surface area contributed by atoms with Crippen LogP contribution in [-0.2, 0) is 11.3 Å². The van der Waals surface area contributed by atoms with Crippen molar-refractivity contribution in [2.24, 2.45) is 0 Å². The number of carbonyl (C=O) groups is 1. The topological polar surface area (TPSA) is 44.4 Å². The summed E-state index contributed by atoms with van der Waals surface area (Å²) in [6, 6.07) is 14.7. The predicted molar refractivity (Wildman–Crippen MR) is 96.6 cm³/mol. The maximum absolute atomic E-state index is 13.5. The molecule has 2 aromatic rings. The van der Waals surface area contributed by atoms with Crippen LogP contribution >= 0.6 is 0 Å². The lowest BCUT2D eigenvalue weighted by Crippen LogP contribution is -2.49. The van der Waals surface area contributed by atoms with Crippen molar-refractivity contribution >= 4 is 5.91 Å². The summed E-state index contributed by atoms with van der Waals surface area (Å²) in [7, 11) is 0. The largest absolute Gasteiger partial charge is 0.351 e. The first-order chi connectivity index (χ1) is 12.1. The van der Waals surface area contributed by atoms with Crippen LogP contribution in [0.2, 0.25) is 0 Å². The lowest BCUT2D eigenvalue weighted by atomic mass is 10.0. The zero-order valence-electron chi connectivity index (χ0n) is 14.5. The highest BCUT2D eigenvalue weighted by Gasteiger charge is 2.25. The van der Waals surface area contributed by atoms with Crippen LogP contribution < -0.4 is 10.6 Å². The second-order valence-corrected chi connectivity index (χ2v) is 6.51. The van der Waals surface area contributed by atoms with Gasteiger partial charge in [0.2, 0.25) is 5.91 Å². The van der Waals surface area contributed by atoms with E-state index in [9.17, 15) is 9.18 Å². The molecule has 132 valence electrons. The van der Waals surface area contributed by atoms with Gasteiger partial charge in [-0.3, -0.25) is 9.69 Å². The SMILES string of the molecule is Cc1cccc(CNC(=O)CN2CCNCC2c2cccc(F)c2)c1. The van der Waals surface area contributed by atoms with Gasteiger partial charge in [0, 0.05) is 32.2 Å². The Morgan fingerprint density at radius 3 is 2.92 bits per heavy atom. The van der Waals surface area contributed by atoms with Gasteiger partial charge in [-0.25, -0.2) is 4.39 Å². The number of piperazine rings is 1. The van der Waals surface area contributed by atoms with Crippen molar-refractivity contribution in [3.05, 3.63) is 71.0 Å². The highest BCUT2D eigenvalue weighted by molar-refractivity contribution is 5.78. The Labute approximate surface area is 148 Å². The van der Waals surface area contributed by atoms with Crippen LogP contribution in [0.5, 0.6) is 0 Å². The van der Waals surface area contributed by atoms with E-state index in [2.05, 4.69) is 21.6 Å². The molecule has 4 nitrogen and oxygen atoms in total. The number of aryl methyl sites for hydroxylation is 1. The first kappa shape index (κ1) is 17.6. The molecule has 0 spiro atoms. The molecule has 1 heterocycles. The van der Waals surface area contributed by atoms with Gasteiger partial charge in [-0.2, -0.15) is 0 Å². The second-order valence-electron chi connectivity index (χ2n) is 6.51. The highest BCUT2D eigenvalue weighted by atomic mass is 19.1. The third-order valence-electron chi connectivity index (χ3n) is 4.51. The molecule has 2 N–H and O–H groups in total. The van der Waals surface area contributed by atoms with E-state index in [1.165, 1.54) is 11.6 Å². The Kier molecular flexibility index (Phi) is 5.79. The molecule has 1 aliphatic rings. The monoisotopic (exact) mass is 341 g/mol. The van der Waals surface area contributed by atoms with E-state index < -0.39 is 0 Å². The maximum atomic E-state index is 13.5. The van der Waals surface area contributed by atoms with Crippen LogP contribution in [0.25, 0.3) is 0 Å². The van der Waals surface area contributed by atoms with E-state index in [4.69, 9.17) is 0 Å². The number of rotatable bonds is 5. The van der Waals surface area contributed by atoms with E-state index in [1.54, 1.807) is 12.1 Å². The Bertz CT molecular complexity index is 734. The average molecular weight is 341 g/mol. The summed E-state index contributed by atoms with van der Waals surface area (Å²) in [6.45, 7) is 5.19. The van der Waals surface area contributed by atoms with Crippen LogP contribution in [0, 0.1) is 12.7 Å². The number of nitrogens with zero attached hydrogens (tertiary/aromatic N) is 1. The predicted octanol–water partition coefficient (Wildman–Crippen LogP) is 2.40. The van der Waals surface area contributed by atoms with Crippen molar-refractivity contribution < 1.29 is 9.18 Å². The lowest BCUT2D eigenvalue weighted by molar-refractivity contribution is -0.123. The molecule has 25 heavy (non-hydrogen) atoms. The summed E-state index contributed by atoms with van der Waals surface area (Å²) >= 11 is 0. The number of hydrogen-bond acceptors (Lipinski definition) is 3. The molecular formula is C20H24FN3O. The number of carbonyl (C=O) groups excluding carboxylic acids is 1. The van der Waals surface area contributed by atoms with E-state index in [1.807, 2.05) is 31.2 Å². The van der Waals surface area contributed by atoms with Crippen molar-refractivity contribution in [3.63, 3.8) is 0 Å². The van der Waals surface area contributed by atoms with Crippen LogP contribution in [0.1, 0.15) is 22.7 Å². The van der Waals surface area contributed by atoms with Crippen LogP contribution in [0.15, 0.2) is 48.5 Å². The molecular weight excluding hydrogens is 317 g/mol. The van der Waals surface area contributed by atoms with Gasteiger partial charge < -0.3 is 10.6 Å². The van der Waals surface area contributed by atoms with Crippen molar-refractivity contribution in [2.45, 2.75) is 19.5 Å². The van der Waals surface area contributed by atoms with Crippen LogP contribution in [-0.4, -0.2) is 37.0 Å². The van der Waals surface area contributed by atoms with Gasteiger partial charge in [-0.1, -0.05) is 42.0 Å². The fourth-order valence-corrected chi connectivity index (χ4v) is 3.24. The zero-order chi connectivity index (χ0) is 17.6. The number of benzene rings is 2. The van der Waals surface area contributed by atoms with Gasteiger partial charge in [0.1, 0.15) is 5.82 Å². The molecule has 1 atom stereocenters. The number of nitrogens with one attached hydrogen (secondary N) is 2. The quantitative estimate of drug-likeness (QED) is 0.878. The molecule has 1 aliphatic heterocycles. The van der Waals surface area contributed by atoms with E-state index in [0.717, 1.165) is 24.2 Å². The highest BCUT2D eigenvalue weighted by Crippen LogP contribution is 2.22. The van der Waals surface area contributed by atoms with Gasteiger partial charge in [0.05, 0.1) is 6.54 Å². The van der Waals surface area contributed by atoms with Crippen molar-refractivity contribution in [1.82, 2.24) is 15.5 Å². The van der Waals surface area contributed by atoms with Gasteiger partial charge in [-0.05, 0) is 30.2 Å². The Hall–Kier alpha value is -2.24. The molecule has 1 fully saturated rings. The second kappa shape index (κ2) is 8.23. The van der Waals surface area contributed by atoms with Crippen LogP contribution in [0.4, 0.5) is 4.39 Å². The molecule has 0 saturated carbocycles. The van der Waals surface area contributed by atoms with Gasteiger partial charge in [0.25, 0.3) is 0 Å². The summed E-state index contributed by atoms with van der Waals surface area (Å²) in [5.41, 5.74) is 3.18. The Balaban J connectivity index is 1.60. The summed E-state index contributed by atoms with van der Waals surface area (Å²) in [5, 5.41) is 6.31. The molecule has 0 aromatic heterocycles. The van der Waals surface area contributed by atoms with E-state index >= 15 is 0 Å². The molecule has 0 radical (unpaired) electrons. The molecule has 3 rings (SSSR count). The Morgan fingerprint density at radius 1 is 1.28 bits per heavy atom. The zero-order valence-corrected chi connectivity index (χ0v) is 14.5. The van der Waals surface area contributed by atoms with Crippen molar-refractivity contribution in [2.75, 3.05) is 26.2 Å². The van der Waals surface area contributed by atoms with Crippen molar-refractivity contribution in [3.8, 4) is 0 Å². The van der Waals surface area contributed by atoms with Gasteiger partial charge in [-0.15, -0.1) is 0 Å². The average Bonchev–Trinajstić information content (AvgIpc) is 2.60. The summed E-state index contributed by atoms with van der Waals surface area (Å²) in [5.74, 6) is -0.253. The first-order valence-corrected chi connectivity index (χ1v) is 8.64. The van der Waals surface area contributed by atoms with Crippen molar-refractivity contribution in [1.29, 1.82) is 0 Å². The molecule has 1 saturated heterocycles. The molecule has 1 unspecified atom stereocenters. The molecule has 0 aliphatic carbocycles. The molecule has 0 bridgehead atoms. The standard InChI is InChI=1S/C20H24FN3O/c1-15-4-2-5-16(10-15)12-23-20(25)14-24-9-8-22-13-19(24)17-6-3-7-18(21)11-17/h2-7,10-11,19,22H,8-9,12-14H2,1H3,(H,23,25). The number of hydrogen-bond donors (Lipinski definition) is 2. The molecule has 1 amide bonds. The summed E-state index contributed by atoms with van der Waals surface area (Å²) in [4.78, 5) is 14.5. The fourth-order valence-electron chi connectivity index (χ4n) is 3.24. The molecule has 2 aromatic carbocycles. The minimum Gasteiger partial charge on any atom is -0.351 e. The smallest absolute Gasteiger partial charge is 0.234 e. The minimum absolute atomic E-state index is 0.00849. The fraction of sp³-hybridized carbons (Fsp3) is 0.350. The maximum Gasteiger partial charge on any atom is 0.234 e. The molecule has 5 heteroatoms. The normalized spacial score (nSPS) is 18.1. The number of amides is 1. The third-order valence-corrected chi connectivity index (χ3v) is 4.51. The first-order valence-electron chi connectivity index (χ1n) is 8.64. The minimum atomic E-state index is -0.244. The number of halogens is 1. The van der Waals surface area contributed by atoms with Gasteiger partial charge >= 0.3 is 0 Å². The Morgan fingerprint density at radius 2 is 2.12 bits per heavy atom. The lowest BCUT2D eigenvalue weighted by Gasteiger charge is -2.36.